The minimum Gasteiger partial charge on any atom is -0.493 e. The lowest BCUT2D eigenvalue weighted by Gasteiger charge is -2.16. The first-order chi connectivity index (χ1) is 9.44. The molecule has 20 heavy (non-hydrogen) atoms. The van der Waals surface area contributed by atoms with E-state index in [4.69, 9.17) is 4.74 Å². The molecule has 114 valence electrons. The molecule has 3 nitrogen and oxygen atoms in total. The number of halogens is 3. The van der Waals surface area contributed by atoms with Crippen LogP contribution >= 0.6 is 0 Å². The second-order valence-electron chi connectivity index (χ2n) is 4.36. The quantitative estimate of drug-likeness (QED) is 0.746. The summed E-state index contributed by atoms with van der Waals surface area (Å²) >= 11 is 0. The van der Waals surface area contributed by atoms with Crippen LogP contribution in [0.3, 0.4) is 0 Å². The molecule has 0 aliphatic carbocycles. The maximum Gasteiger partial charge on any atom is 0.411 e. The number of aliphatic hydroxyl groups is 1. The van der Waals surface area contributed by atoms with E-state index in [0.717, 1.165) is 6.42 Å². The number of rotatable bonds is 8. The molecule has 0 amide bonds. The Morgan fingerprint density at radius 3 is 2.55 bits per heavy atom. The van der Waals surface area contributed by atoms with Gasteiger partial charge in [-0.3, -0.25) is 0 Å². The van der Waals surface area contributed by atoms with E-state index in [-0.39, 0.29) is 13.0 Å². The van der Waals surface area contributed by atoms with Crippen LogP contribution in [0.1, 0.15) is 31.4 Å². The molecular weight excluding hydrogens is 273 g/mol. The van der Waals surface area contributed by atoms with Crippen molar-refractivity contribution in [1.82, 2.24) is 0 Å². The number of ether oxygens (including phenoxy) is 2. The van der Waals surface area contributed by atoms with E-state index < -0.39 is 18.9 Å². The van der Waals surface area contributed by atoms with Crippen molar-refractivity contribution in [1.29, 1.82) is 0 Å². The van der Waals surface area contributed by atoms with Crippen LogP contribution < -0.4 is 4.74 Å². The van der Waals surface area contributed by atoms with E-state index in [9.17, 15) is 18.3 Å². The van der Waals surface area contributed by atoms with E-state index in [1.807, 2.05) is 6.92 Å². The SMILES string of the molecule is CCCOc1ccccc1C(O)CCOCC(F)(F)F. The smallest absolute Gasteiger partial charge is 0.411 e. The van der Waals surface area contributed by atoms with Crippen molar-refractivity contribution in [3.8, 4) is 5.75 Å². The summed E-state index contributed by atoms with van der Waals surface area (Å²) in [5.41, 5.74) is 0.566. The van der Waals surface area contributed by atoms with Gasteiger partial charge in [-0.1, -0.05) is 25.1 Å². The Morgan fingerprint density at radius 2 is 1.90 bits per heavy atom. The molecule has 1 atom stereocenters. The molecule has 0 aliphatic rings. The maximum atomic E-state index is 11.9. The lowest BCUT2D eigenvalue weighted by molar-refractivity contribution is -0.175. The molecule has 0 aliphatic heterocycles. The molecule has 0 heterocycles. The monoisotopic (exact) mass is 292 g/mol. The largest absolute Gasteiger partial charge is 0.493 e. The molecule has 1 aromatic carbocycles. The topological polar surface area (TPSA) is 38.7 Å². The third-order valence-corrected chi connectivity index (χ3v) is 2.54. The number of hydrogen-bond acceptors (Lipinski definition) is 3. The third kappa shape index (κ3) is 6.25. The summed E-state index contributed by atoms with van der Waals surface area (Å²) in [5, 5.41) is 9.99. The molecule has 0 saturated carbocycles. The Morgan fingerprint density at radius 1 is 1.20 bits per heavy atom. The Balaban J connectivity index is 2.48. The van der Waals surface area contributed by atoms with Gasteiger partial charge in [-0.25, -0.2) is 0 Å². The highest BCUT2D eigenvalue weighted by Gasteiger charge is 2.27. The molecule has 0 saturated heterocycles. The predicted molar refractivity (Wildman–Crippen MR) is 68.7 cm³/mol. The van der Waals surface area contributed by atoms with Crippen molar-refractivity contribution in [2.75, 3.05) is 19.8 Å². The number of para-hydroxylation sites is 1. The molecule has 1 aromatic rings. The summed E-state index contributed by atoms with van der Waals surface area (Å²) in [6.45, 7) is 1.02. The fourth-order valence-electron chi connectivity index (χ4n) is 1.64. The molecule has 0 spiro atoms. The first-order valence-electron chi connectivity index (χ1n) is 6.48. The van der Waals surface area contributed by atoms with Gasteiger partial charge in [-0.2, -0.15) is 13.2 Å². The second kappa shape index (κ2) is 8.11. The molecule has 1 rings (SSSR count). The van der Waals surface area contributed by atoms with Crippen LogP contribution in [-0.2, 0) is 4.74 Å². The minimum atomic E-state index is -4.34. The van der Waals surface area contributed by atoms with Gasteiger partial charge in [0.2, 0.25) is 0 Å². The van der Waals surface area contributed by atoms with Crippen molar-refractivity contribution in [3.05, 3.63) is 29.8 Å². The fraction of sp³-hybridized carbons (Fsp3) is 0.571. The Hall–Kier alpha value is -1.27. The highest BCUT2D eigenvalue weighted by atomic mass is 19.4. The average molecular weight is 292 g/mol. The van der Waals surface area contributed by atoms with Crippen LogP contribution in [0.5, 0.6) is 5.75 Å². The van der Waals surface area contributed by atoms with Crippen LogP contribution in [0.4, 0.5) is 13.2 Å². The van der Waals surface area contributed by atoms with Gasteiger partial charge in [0.1, 0.15) is 12.4 Å². The van der Waals surface area contributed by atoms with Crippen molar-refractivity contribution in [2.24, 2.45) is 0 Å². The maximum absolute atomic E-state index is 11.9. The molecule has 6 heteroatoms. The van der Waals surface area contributed by atoms with Gasteiger partial charge in [-0.05, 0) is 12.5 Å². The third-order valence-electron chi connectivity index (χ3n) is 2.54. The molecule has 0 bridgehead atoms. The van der Waals surface area contributed by atoms with Crippen molar-refractivity contribution in [3.63, 3.8) is 0 Å². The Kier molecular flexibility index (Phi) is 6.81. The van der Waals surface area contributed by atoms with Crippen molar-refractivity contribution < 1.29 is 27.8 Å². The zero-order valence-corrected chi connectivity index (χ0v) is 11.3. The summed E-state index contributed by atoms with van der Waals surface area (Å²) in [6.07, 6.45) is -4.33. The molecule has 1 N–H and O–H groups in total. The number of alkyl halides is 3. The first kappa shape index (κ1) is 16.8. The van der Waals surface area contributed by atoms with E-state index in [2.05, 4.69) is 4.74 Å². The number of benzene rings is 1. The summed E-state index contributed by atoms with van der Waals surface area (Å²) in [4.78, 5) is 0. The van der Waals surface area contributed by atoms with Gasteiger partial charge in [0.15, 0.2) is 0 Å². The standard InChI is InChI=1S/C14H19F3O3/c1-2-8-20-13-6-4-3-5-11(13)12(18)7-9-19-10-14(15,16)17/h3-6,12,18H,2,7-10H2,1H3. The van der Waals surface area contributed by atoms with E-state index in [1.165, 1.54) is 0 Å². The normalized spacial score (nSPS) is 13.2. The van der Waals surface area contributed by atoms with Gasteiger partial charge in [0.25, 0.3) is 0 Å². The number of aliphatic hydroxyl groups excluding tert-OH is 1. The van der Waals surface area contributed by atoms with Gasteiger partial charge in [0.05, 0.1) is 12.7 Å². The summed E-state index contributed by atoms with van der Waals surface area (Å²) in [5.74, 6) is 0.553. The minimum absolute atomic E-state index is 0.0859. The Bertz CT molecular complexity index is 393. The van der Waals surface area contributed by atoms with Crippen LogP contribution in [0, 0.1) is 0 Å². The number of hydrogen-bond donors (Lipinski definition) is 1. The second-order valence-corrected chi connectivity index (χ2v) is 4.36. The van der Waals surface area contributed by atoms with Crippen molar-refractivity contribution >= 4 is 0 Å². The molecular formula is C14H19F3O3. The average Bonchev–Trinajstić information content (AvgIpc) is 2.40. The summed E-state index contributed by atoms with van der Waals surface area (Å²) in [6, 6.07) is 6.94. The van der Waals surface area contributed by atoms with Gasteiger partial charge in [-0.15, -0.1) is 0 Å². The van der Waals surface area contributed by atoms with Crippen LogP contribution in [0.25, 0.3) is 0 Å². The zero-order chi connectivity index (χ0) is 15.0. The lowest BCUT2D eigenvalue weighted by atomic mass is 10.1. The van der Waals surface area contributed by atoms with Gasteiger partial charge >= 0.3 is 6.18 Å². The molecule has 0 radical (unpaired) electrons. The van der Waals surface area contributed by atoms with E-state index in [0.29, 0.717) is 17.9 Å². The highest BCUT2D eigenvalue weighted by Crippen LogP contribution is 2.27. The first-order valence-corrected chi connectivity index (χ1v) is 6.48. The predicted octanol–water partition coefficient (Wildman–Crippen LogP) is 3.48. The van der Waals surface area contributed by atoms with Crippen LogP contribution in [-0.4, -0.2) is 31.1 Å². The lowest BCUT2D eigenvalue weighted by Crippen LogP contribution is -2.18. The summed E-state index contributed by atoms with van der Waals surface area (Å²) < 4.78 is 45.7. The zero-order valence-electron chi connectivity index (χ0n) is 11.3. The van der Waals surface area contributed by atoms with E-state index >= 15 is 0 Å². The van der Waals surface area contributed by atoms with Crippen molar-refractivity contribution in [2.45, 2.75) is 32.0 Å². The highest BCUT2D eigenvalue weighted by molar-refractivity contribution is 5.35. The van der Waals surface area contributed by atoms with Crippen LogP contribution in [0.15, 0.2) is 24.3 Å². The van der Waals surface area contributed by atoms with Gasteiger partial charge < -0.3 is 14.6 Å². The molecule has 0 fully saturated rings. The van der Waals surface area contributed by atoms with Gasteiger partial charge in [0, 0.05) is 18.6 Å². The summed E-state index contributed by atoms with van der Waals surface area (Å²) in [7, 11) is 0. The molecule has 0 aromatic heterocycles. The Labute approximate surface area is 116 Å². The van der Waals surface area contributed by atoms with Crippen LogP contribution in [0.2, 0.25) is 0 Å². The molecule has 1 unspecified atom stereocenters. The fourth-order valence-corrected chi connectivity index (χ4v) is 1.64. The van der Waals surface area contributed by atoms with E-state index in [1.54, 1.807) is 24.3 Å².